The number of aryl methyl sites for hydroxylation is 2. The predicted molar refractivity (Wildman–Crippen MR) is 91.6 cm³/mol. The lowest BCUT2D eigenvalue weighted by Gasteiger charge is -2.22. The minimum Gasteiger partial charge on any atom is -0.314 e. The van der Waals surface area contributed by atoms with Crippen molar-refractivity contribution in [3.63, 3.8) is 0 Å². The summed E-state index contributed by atoms with van der Waals surface area (Å²) in [5.74, 6) is 2.43. The Morgan fingerprint density at radius 2 is 1.75 bits per heavy atom. The second-order valence-electron chi connectivity index (χ2n) is 6.19. The van der Waals surface area contributed by atoms with E-state index in [0.29, 0.717) is 0 Å². The van der Waals surface area contributed by atoms with Crippen LogP contribution in [0.4, 0.5) is 0 Å². The first-order chi connectivity index (χ1) is 9.74. The summed E-state index contributed by atoms with van der Waals surface area (Å²) in [4.78, 5) is 0. The Balaban J connectivity index is 1.54. The van der Waals surface area contributed by atoms with Crippen LogP contribution in [-0.4, -0.2) is 18.3 Å². The van der Waals surface area contributed by atoms with Gasteiger partial charge in [0.15, 0.2) is 0 Å². The highest BCUT2D eigenvalue weighted by molar-refractivity contribution is 7.98. The highest BCUT2D eigenvalue weighted by Gasteiger charge is 2.11. The molecule has 112 valence electrons. The molecule has 0 aliphatic heterocycles. The molecule has 1 nitrogen and oxygen atoms in total. The van der Waals surface area contributed by atoms with Crippen LogP contribution in [0.5, 0.6) is 0 Å². The van der Waals surface area contributed by atoms with Crippen molar-refractivity contribution in [2.45, 2.75) is 64.2 Å². The van der Waals surface area contributed by atoms with Crippen LogP contribution >= 0.6 is 11.8 Å². The van der Waals surface area contributed by atoms with Gasteiger partial charge >= 0.3 is 0 Å². The maximum Gasteiger partial charge on any atom is 0.0184 e. The summed E-state index contributed by atoms with van der Waals surface area (Å²) in [5.41, 5.74) is 4.26. The molecule has 0 aromatic heterocycles. The van der Waals surface area contributed by atoms with Gasteiger partial charge in [0.1, 0.15) is 0 Å². The second-order valence-corrected chi connectivity index (χ2v) is 7.30. The first-order valence-electron chi connectivity index (χ1n) is 8.12. The molecule has 0 unspecified atom stereocenters. The molecule has 1 saturated carbocycles. The van der Waals surface area contributed by atoms with Crippen molar-refractivity contribution < 1.29 is 0 Å². The molecule has 0 heterocycles. The summed E-state index contributed by atoms with van der Waals surface area (Å²) < 4.78 is 0. The van der Waals surface area contributed by atoms with Crippen LogP contribution in [0.2, 0.25) is 0 Å². The third-order valence-electron chi connectivity index (χ3n) is 4.05. The molecule has 20 heavy (non-hydrogen) atoms. The van der Waals surface area contributed by atoms with E-state index in [9.17, 15) is 0 Å². The maximum absolute atomic E-state index is 3.73. The molecule has 1 aliphatic carbocycles. The predicted octanol–water partition coefficient (Wildman–Crippen LogP) is 4.85. The largest absolute Gasteiger partial charge is 0.314 e. The lowest BCUT2D eigenvalue weighted by atomic mass is 9.95. The first-order valence-corrected chi connectivity index (χ1v) is 9.28. The van der Waals surface area contributed by atoms with E-state index in [1.54, 1.807) is 0 Å². The molecule has 2 heteroatoms. The molecule has 0 bridgehead atoms. The third-order valence-corrected chi connectivity index (χ3v) is 5.17. The Labute approximate surface area is 128 Å². The Hall–Kier alpha value is -0.470. The Bertz CT molecular complexity index is 376. The molecule has 0 amide bonds. The zero-order chi connectivity index (χ0) is 14.2. The van der Waals surface area contributed by atoms with Crippen molar-refractivity contribution in [2.24, 2.45) is 0 Å². The summed E-state index contributed by atoms with van der Waals surface area (Å²) in [5, 5.41) is 3.73. The van der Waals surface area contributed by atoms with E-state index in [1.165, 1.54) is 67.5 Å². The van der Waals surface area contributed by atoms with Crippen molar-refractivity contribution in [1.82, 2.24) is 5.32 Å². The minimum absolute atomic E-state index is 0.813. The lowest BCUT2D eigenvalue weighted by Crippen LogP contribution is -2.31. The standard InChI is InChI=1S/C18H29NS/c1-15-11-16(2)13-17(12-15)14-20-10-6-9-19-18-7-4-3-5-8-18/h11-13,18-19H,3-10,14H2,1-2H3. The minimum atomic E-state index is 0.813. The summed E-state index contributed by atoms with van der Waals surface area (Å²) >= 11 is 2.07. The maximum atomic E-state index is 3.73. The fraction of sp³-hybridized carbons (Fsp3) is 0.667. The van der Waals surface area contributed by atoms with Crippen molar-refractivity contribution >= 4 is 11.8 Å². The Morgan fingerprint density at radius 1 is 1.05 bits per heavy atom. The van der Waals surface area contributed by atoms with Gasteiger partial charge in [-0.25, -0.2) is 0 Å². The van der Waals surface area contributed by atoms with Gasteiger partial charge in [-0.05, 0) is 51.0 Å². The summed E-state index contributed by atoms with van der Waals surface area (Å²) in [6.45, 7) is 5.58. The van der Waals surface area contributed by atoms with Gasteiger partial charge in [-0.15, -0.1) is 0 Å². The Morgan fingerprint density at radius 3 is 2.45 bits per heavy atom. The lowest BCUT2D eigenvalue weighted by molar-refractivity contribution is 0.375. The number of hydrogen-bond donors (Lipinski definition) is 1. The van der Waals surface area contributed by atoms with Crippen molar-refractivity contribution in [2.75, 3.05) is 12.3 Å². The van der Waals surface area contributed by atoms with Gasteiger partial charge in [0.05, 0.1) is 0 Å². The van der Waals surface area contributed by atoms with Gasteiger partial charge < -0.3 is 5.32 Å². The molecule has 1 N–H and O–H groups in total. The van der Waals surface area contributed by atoms with Gasteiger partial charge in [-0.3, -0.25) is 0 Å². The second kappa shape index (κ2) is 8.74. The molecule has 0 spiro atoms. The summed E-state index contributed by atoms with van der Waals surface area (Å²) in [6.07, 6.45) is 8.40. The van der Waals surface area contributed by atoms with Crippen molar-refractivity contribution in [1.29, 1.82) is 0 Å². The molecule has 1 fully saturated rings. The molecule has 1 aromatic rings. The molecule has 0 atom stereocenters. The summed E-state index contributed by atoms with van der Waals surface area (Å²) in [6, 6.07) is 7.70. The number of hydrogen-bond acceptors (Lipinski definition) is 2. The van der Waals surface area contributed by atoms with Crippen molar-refractivity contribution in [3.05, 3.63) is 34.9 Å². The molecule has 2 rings (SSSR count). The number of thioether (sulfide) groups is 1. The van der Waals surface area contributed by atoms with Gasteiger partial charge in [0, 0.05) is 11.8 Å². The Kier molecular flexibility index (Phi) is 6.95. The van der Waals surface area contributed by atoms with Crippen LogP contribution < -0.4 is 5.32 Å². The zero-order valence-corrected chi connectivity index (χ0v) is 13.9. The van der Waals surface area contributed by atoms with E-state index in [4.69, 9.17) is 0 Å². The fourth-order valence-corrected chi connectivity index (χ4v) is 4.02. The van der Waals surface area contributed by atoms with Gasteiger partial charge in [-0.2, -0.15) is 11.8 Å². The molecular weight excluding hydrogens is 262 g/mol. The molecule has 0 radical (unpaired) electrons. The third kappa shape index (κ3) is 5.88. The quantitative estimate of drug-likeness (QED) is 0.721. The van der Waals surface area contributed by atoms with Crippen LogP contribution in [0.15, 0.2) is 18.2 Å². The monoisotopic (exact) mass is 291 g/mol. The number of benzene rings is 1. The topological polar surface area (TPSA) is 12.0 Å². The van der Waals surface area contributed by atoms with E-state index < -0.39 is 0 Å². The fourth-order valence-electron chi connectivity index (χ4n) is 3.13. The van der Waals surface area contributed by atoms with Crippen LogP contribution in [0.1, 0.15) is 55.2 Å². The highest BCUT2D eigenvalue weighted by Crippen LogP contribution is 2.18. The summed E-state index contributed by atoms with van der Waals surface area (Å²) in [7, 11) is 0. The van der Waals surface area contributed by atoms with Gasteiger partial charge in [0.25, 0.3) is 0 Å². The average Bonchev–Trinajstić information content (AvgIpc) is 2.43. The molecular formula is C18H29NS. The first kappa shape index (κ1) is 15.9. The number of nitrogens with one attached hydrogen (secondary N) is 1. The van der Waals surface area contributed by atoms with E-state index in [2.05, 4.69) is 49.1 Å². The van der Waals surface area contributed by atoms with Crippen LogP contribution in [0, 0.1) is 13.8 Å². The number of rotatable bonds is 7. The molecule has 1 aliphatic rings. The molecule has 0 saturated heterocycles. The SMILES string of the molecule is Cc1cc(C)cc(CSCCCNC2CCCCC2)c1. The van der Waals surface area contributed by atoms with Crippen LogP contribution in [0.25, 0.3) is 0 Å². The van der Waals surface area contributed by atoms with Crippen molar-refractivity contribution in [3.8, 4) is 0 Å². The van der Waals surface area contributed by atoms with E-state index in [1.807, 2.05) is 0 Å². The molecule has 1 aromatic carbocycles. The van der Waals surface area contributed by atoms with Crippen LogP contribution in [-0.2, 0) is 5.75 Å². The van der Waals surface area contributed by atoms with Gasteiger partial charge in [-0.1, -0.05) is 48.6 Å². The van der Waals surface area contributed by atoms with E-state index in [-0.39, 0.29) is 0 Å². The zero-order valence-electron chi connectivity index (χ0n) is 13.1. The highest BCUT2D eigenvalue weighted by atomic mass is 32.2. The smallest absolute Gasteiger partial charge is 0.0184 e. The van der Waals surface area contributed by atoms with E-state index >= 15 is 0 Å². The normalized spacial score (nSPS) is 16.5. The average molecular weight is 292 g/mol. The van der Waals surface area contributed by atoms with Crippen LogP contribution in [0.3, 0.4) is 0 Å². The van der Waals surface area contributed by atoms with E-state index in [0.717, 1.165) is 11.8 Å². The van der Waals surface area contributed by atoms with Gasteiger partial charge in [0.2, 0.25) is 0 Å².